The number of carbonyl (C=O) groups is 1. The fourth-order valence-corrected chi connectivity index (χ4v) is 5.94. The SMILES string of the molecule is Nc1nc2ccc(C(=O)N(C3COc4cc(C(F)(F)F)ccc43)C34CC(C3)C4)cc2n2cncc12. The Bertz CT molecular complexity index is 1530. The summed E-state index contributed by atoms with van der Waals surface area (Å²) in [4.78, 5) is 24.5. The van der Waals surface area contributed by atoms with Crippen LogP contribution >= 0.6 is 0 Å². The lowest BCUT2D eigenvalue weighted by Gasteiger charge is -2.67. The van der Waals surface area contributed by atoms with Gasteiger partial charge in [0.15, 0.2) is 0 Å². The Morgan fingerprint density at radius 2 is 1.94 bits per heavy atom. The van der Waals surface area contributed by atoms with E-state index < -0.39 is 17.8 Å². The van der Waals surface area contributed by atoms with Crippen molar-refractivity contribution in [2.45, 2.75) is 37.0 Å². The van der Waals surface area contributed by atoms with Gasteiger partial charge >= 0.3 is 6.18 Å². The highest BCUT2D eigenvalue weighted by atomic mass is 19.4. The third-order valence-corrected chi connectivity index (χ3v) is 7.77. The highest BCUT2D eigenvalue weighted by Gasteiger charge is 2.63. The third kappa shape index (κ3) is 2.82. The number of carbonyl (C=O) groups excluding carboxylic acids is 1. The highest BCUT2D eigenvalue weighted by Crippen LogP contribution is 2.63. The summed E-state index contributed by atoms with van der Waals surface area (Å²) in [5.74, 6) is 0.973. The molecule has 2 aromatic heterocycles. The van der Waals surface area contributed by atoms with Gasteiger partial charge in [-0.1, -0.05) is 6.07 Å². The first-order valence-electron chi connectivity index (χ1n) is 11.4. The van der Waals surface area contributed by atoms with Crippen LogP contribution in [-0.4, -0.2) is 37.3 Å². The maximum absolute atomic E-state index is 14.0. The van der Waals surface area contributed by atoms with Gasteiger partial charge < -0.3 is 15.4 Å². The second kappa shape index (κ2) is 6.65. The Labute approximate surface area is 197 Å². The number of aromatic nitrogens is 3. The number of nitrogens with two attached hydrogens (primary N) is 1. The minimum absolute atomic E-state index is 0.131. The topological polar surface area (TPSA) is 85.8 Å². The molecule has 0 spiro atoms. The maximum atomic E-state index is 14.0. The molecule has 1 atom stereocenters. The van der Waals surface area contributed by atoms with Crippen LogP contribution in [-0.2, 0) is 6.18 Å². The van der Waals surface area contributed by atoms with Crippen LogP contribution in [0.15, 0.2) is 48.9 Å². The summed E-state index contributed by atoms with van der Waals surface area (Å²) < 4.78 is 47.2. The van der Waals surface area contributed by atoms with Gasteiger partial charge in [0.25, 0.3) is 5.91 Å². The van der Waals surface area contributed by atoms with Crippen molar-refractivity contribution >= 4 is 28.3 Å². The van der Waals surface area contributed by atoms with Gasteiger partial charge in [0.2, 0.25) is 0 Å². The standard InChI is InChI=1S/C25H20F3N5O2/c26-25(27,28)15-2-3-16-20(11-35-21(16)6-15)33(24-7-13(8-24)9-24)23(34)14-1-4-17-18(5-14)32-12-30-10-19(32)22(29)31-17/h1-6,10,12-13,20H,7-9,11H2,(H2,29,31). The van der Waals surface area contributed by atoms with E-state index in [4.69, 9.17) is 10.5 Å². The number of nitrogen functional groups attached to an aromatic ring is 1. The first kappa shape index (κ1) is 20.5. The second-order valence-electron chi connectivity index (χ2n) is 9.80. The molecule has 1 amide bonds. The molecule has 2 bridgehead atoms. The van der Waals surface area contributed by atoms with E-state index in [1.54, 1.807) is 35.1 Å². The van der Waals surface area contributed by atoms with Crippen molar-refractivity contribution < 1.29 is 22.7 Å². The van der Waals surface area contributed by atoms with Crippen LogP contribution in [0.5, 0.6) is 5.75 Å². The lowest BCUT2D eigenvalue weighted by Crippen LogP contribution is -2.70. The summed E-state index contributed by atoms with van der Waals surface area (Å²) in [5, 5.41) is 0. The summed E-state index contributed by atoms with van der Waals surface area (Å²) in [5.41, 5.74) is 8.07. The van der Waals surface area contributed by atoms with E-state index in [1.165, 1.54) is 6.07 Å². The van der Waals surface area contributed by atoms with Crippen molar-refractivity contribution in [1.82, 2.24) is 19.3 Å². The molecule has 0 saturated heterocycles. The molecule has 1 unspecified atom stereocenters. The molecule has 8 rings (SSSR count). The van der Waals surface area contributed by atoms with E-state index in [1.807, 2.05) is 4.90 Å². The van der Waals surface area contributed by atoms with Gasteiger partial charge in [-0.2, -0.15) is 13.2 Å². The number of hydrogen-bond donors (Lipinski definition) is 1. The van der Waals surface area contributed by atoms with Crippen LogP contribution in [0, 0.1) is 5.92 Å². The average molecular weight is 479 g/mol. The molecule has 2 aromatic carbocycles. The van der Waals surface area contributed by atoms with Crippen molar-refractivity contribution in [3.63, 3.8) is 0 Å². The lowest BCUT2D eigenvalue weighted by atomic mass is 9.48. The maximum Gasteiger partial charge on any atom is 0.416 e. The molecular weight excluding hydrogens is 459 g/mol. The zero-order chi connectivity index (χ0) is 24.1. The number of benzene rings is 2. The number of ether oxygens (including phenoxy) is 1. The Balaban J connectivity index is 1.31. The van der Waals surface area contributed by atoms with Gasteiger partial charge in [-0.05, 0) is 55.5 Å². The predicted octanol–water partition coefficient (Wildman–Crippen LogP) is 4.61. The zero-order valence-corrected chi connectivity index (χ0v) is 18.4. The summed E-state index contributed by atoms with van der Waals surface area (Å²) in [6, 6.07) is 8.35. The van der Waals surface area contributed by atoms with E-state index >= 15 is 0 Å². The van der Waals surface area contributed by atoms with E-state index in [-0.39, 0.29) is 23.8 Å². The summed E-state index contributed by atoms with van der Waals surface area (Å²) in [6.45, 7) is 0.131. The Morgan fingerprint density at radius 3 is 2.66 bits per heavy atom. The van der Waals surface area contributed by atoms with Crippen molar-refractivity contribution in [1.29, 1.82) is 0 Å². The van der Waals surface area contributed by atoms with Crippen molar-refractivity contribution in [2.75, 3.05) is 12.3 Å². The number of halogens is 3. The summed E-state index contributed by atoms with van der Waals surface area (Å²) in [6.07, 6.45) is 1.50. The first-order chi connectivity index (χ1) is 16.7. The van der Waals surface area contributed by atoms with E-state index in [9.17, 15) is 18.0 Å². The van der Waals surface area contributed by atoms with E-state index in [2.05, 4.69) is 9.97 Å². The molecule has 35 heavy (non-hydrogen) atoms. The van der Waals surface area contributed by atoms with Crippen LogP contribution in [0.2, 0.25) is 0 Å². The average Bonchev–Trinajstić information content (AvgIpc) is 3.41. The third-order valence-electron chi connectivity index (χ3n) is 7.77. The van der Waals surface area contributed by atoms with Crippen molar-refractivity contribution in [3.8, 4) is 5.75 Å². The number of imidazole rings is 1. The number of nitrogens with zero attached hydrogens (tertiary/aromatic N) is 4. The number of rotatable bonds is 3. The molecule has 3 aliphatic carbocycles. The Kier molecular flexibility index (Phi) is 3.90. The second-order valence-corrected chi connectivity index (χ2v) is 9.80. The van der Waals surface area contributed by atoms with Crippen LogP contribution in [0.1, 0.15) is 46.8 Å². The normalized spacial score (nSPS) is 24.5. The summed E-state index contributed by atoms with van der Waals surface area (Å²) in [7, 11) is 0. The zero-order valence-electron chi connectivity index (χ0n) is 18.4. The Morgan fingerprint density at radius 1 is 1.14 bits per heavy atom. The fraction of sp³-hybridized carbons (Fsp3) is 0.320. The number of amides is 1. The molecule has 4 aliphatic rings. The molecular formula is C25H20F3N5O2. The van der Waals surface area contributed by atoms with E-state index in [0.717, 1.165) is 31.4 Å². The van der Waals surface area contributed by atoms with Crippen LogP contribution in [0.25, 0.3) is 16.6 Å². The van der Waals surface area contributed by atoms with Gasteiger partial charge in [0, 0.05) is 16.7 Å². The molecule has 0 radical (unpaired) electrons. The molecule has 3 saturated carbocycles. The van der Waals surface area contributed by atoms with Gasteiger partial charge in [-0.25, -0.2) is 9.97 Å². The summed E-state index contributed by atoms with van der Waals surface area (Å²) >= 11 is 0. The van der Waals surface area contributed by atoms with E-state index in [0.29, 0.717) is 39.4 Å². The van der Waals surface area contributed by atoms with Crippen molar-refractivity contribution in [2.24, 2.45) is 5.92 Å². The molecule has 7 nitrogen and oxygen atoms in total. The number of anilines is 1. The van der Waals surface area contributed by atoms with Crippen LogP contribution in [0.4, 0.5) is 19.0 Å². The number of alkyl halides is 3. The van der Waals surface area contributed by atoms with Gasteiger partial charge in [0.1, 0.15) is 23.7 Å². The quantitative estimate of drug-likeness (QED) is 0.464. The minimum atomic E-state index is -4.46. The fourth-order valence-electron chi connectivity index (χ4n) is 5.94. The predicted molar refractivity (Wildman–Crippen MR) is 121 cm³/mol. The van der Waals surface area contributed by atoms with Crippen LogP contribution < -0.4 is 10.5 Å². The molecule has 178 valence electrons. The monoisotopic (exact) mass is 479 g/mol. The van der Waals surface area contributed by atoms with Gasteiger partial charge in [0.05, 0.1) is 35.2 Å². The number of fused-ring (bicyclic) bond motifs is 4. The molecule has 4 aromatic rings. The molecule has 10 heteroatoms. The highest BCUT2D eigenvalue weighted by molar-refractivity contribution is 5.99. The minimum Gasteiger partial charge on any atom is -0.491 e. The molecule has 2 N–H and O–H groups in total. The van der Waals surface area contributed by atoms with Crippen LogP contribution in [0.3, 0.4) is 0 Å². The lowest BCUT2D eigenvalue weighted by molar-refractivity contribution is -0.140. The smallest absolute Gasteiger partial charge is 0.416 e. The number of hydrogen-bond acceptors (Lipinski definition) is 5. The molecule has 3 heterocycles. The van der Waals surface area contributed by atoms with Crippen molar-refractivity contribution in [3.05, 3.63) is 65.6 Å². The molecule has 3 fully saturated rings. The largest absolute Gasteiger partial charge is 0.491 e. The Hall–Kier alpha value is -3.82. The molecule has 1 aliphatic heterocycles. The van der Waals surface area contributed by atoms with Gasteiger partial charge in [-0.3, -0.25) is 9.20 Å². The first-order valence-corrected chi connectivity index (χ1v) is 11.4. The van der Waals surface area contributed by atoms with Gasteiger partial charge in [-0.15, -0.1) is 0 Å².